The van der Waals surface area contributed by atoms with Gasteiger partial charge < -0.3 is 89.9 Å². The van der Waals surface area contributed by atoms with Crippen LogP contribution in [-0.2, 0) is 33.2 Å². The number of carbonyl (C=O) groups excluding carboxylic acids is 1. The minimum atomic E-state index is -1.97. The van der Waals surface area contributed by atoms with Crippen LogP contribution in [0.15, 0.2) is 48.6 Å². The zero-order chi connectivity index (χ0) is 71.1. The maximum absolute atomic E-state index is 13.5. The average Bonchev–Trinajstić information content (AvgIpc) is 0.785. The number of rotatable bonds is 63. The van der Waals surface area contributed by atoms with Crippen molar-refractivity contribution in [3.8, 4) is 0 Å². The fourth-order valence-corrected chi connectivity index (χ4v) is 13.5. The lowest BCUT2D eigenvalue weighted by Gasteiger charge is -2.48. The van der Waals surface area contributed by atoms with E-state index in [2.05, 4.69) is 67.8 Å². The highest BCUT2D eigenvalue weighted by Gasteiger charge is 2.54. The average molecular weight is 1400 g/mol. The van der Waals surface area contributed by atoms with E-state index in [-0.39, 0.29) is 18.9 Å². The van der Waals surface area contributed by atoms with Gasteiger partial charge in [0.25, 0.3) is 0 Å². The molecule has 0 saturated carbocycles. The van der Waals surface area contributed by atoms with Crippen LogP contribution in [0.2, 0.25) is 0 Å². The molecule has 3 saturated heterocycles. The molecular weight excluding hydrogens is 1250 g/mol. The highest BCUT2D eigenvalue weighted by Crippen LogP contribution is 2.33. The molecule has 3 rings (SSSR count). The summed E-state index contributed by atoms with van der Waals surface area (Å²) in [6, 6.07) is -0.885. The summed E-state index contributed by atoms with van der Waals surface area (Å²) in [5, 5.41) is 121. The smallest absolute Gasteiger partial charge is 0.220 e. The molecule has 3 aliphatic rings. The van der Waals surface area contributed by atoms with Crippen LogP contribution >= 0.6 is 0 Å². The Morgan fingerprint density at radius 3 is 1.10 bits per heavy atom. The molecule has 12 N–H and O–H groups in total. The molecule has 0 bridgehead atoms. The van der Waals surface area contributed by atoms with Crippen molar-refractivity contribution in [2.45, 2.75) is 420 Å². The third-order valence-electron chi connectivity index (χ3n) is 19.9. The number of hydrogen-bond acceptors (Lipinski definition) is 18. The van der Waals surface area contributed by atoms with E-state index in [0.717, 1.165) is 70.6 Å². The van der Waals surface area contributed by atoms with Crippen molar-refractivity contribution in [1.29, 1.82) is 0 Å². The van der Waals surface area contributed by atoms with Gasteiger partial charge in [-0.05, 0) is 51.4 Å². The van der Waals surface area contributed by atoms with Crippen LogP contribution in [0, 0.1) is 0 Å². The molecule has 17 unspecified atom stereocenters. The first kappa shape index (κ1) is 90.0. The molecule has 0 aliphatic carbocycles. The van der Waals surface area contributed by atoms with Gasteiger partial charge >= 0.3 is 0 Å². The van der Waals surface area contributed by atoms with Gasteiger partial charge in [-0.1, -0.05) is 306 Å². The van der Waals surface area contributed by atoms with Crippen LogP contribution in [0.5, 0.6) is 0 Å². The highest BCUT2D eigenvalue weighted by atomic mass is 16.8. The minimum absolute atomic E-state index is 0.237. The lowest BCUT2D eigenvalue weighted by molar-refractivity contribution is -0.379. The fourth-order valence-electron chi connectivity index (χ4n) is 13.5. The molecule has 0 spiro atoms. The maximum atomic E-state index is 13.5. The Balaban J connectivity index is 1.28. The molecule has 0 radical (unpaired) electrons. The molecule has 19 heteroatoms. The molecule has 17 atom stereocenters. The van der Waals surface area contributed by atoms with Crippen molar-refractivity contribution >= 4 is 5.91 Å². The van der Waals surface area contributed by atoms with E-state index in [1.807, 2.05) is 0 Å². The number of carbonyl (C=O) groups is 1. The predicted molar refractivity (Wildman–Crippen MR) is 388 cm³/mol. The van der Waals surface area contributed by atoms with Crippen LogP contribution in [-0.4, -0.2) is 193 Å². The molecule has 98 heavy (non-hydrogen) atoms. The molecule has 3 aliphatic heterocycles. The molecule has 0 aromatic heterocycles. The Bertz CT molecular complexity index is 1960. The van der Waals surface area contributed by atoms with Gasteiger partial charge in [-0.2, -0.15) is 0 Å². The fraction of sp³-hybridized carbons (Fsp3) is 0.886. The van der Waals surface area contributed by atoms with Gasteiger partial charge in [0, 0.05) is 6.42 Å². The highest BCUT2D eigenvalue weighted by molar-refractivity contribution is 5.76. The second kappa shape index (κ2) is 60.1. The molecule has 19 nitrogen and oxygen atoms in total. The van der Waals surface area contributed by atoms with E-state index < -0.39 is 124 Å². The largest absolute Gasteiger partial charge is 0.394 e. The molecule has 1 amide bonds. The molecule has 3 fully saturated rings. The maximum Gasteiger partial charge on any atom is 0.220 e. The Labute approximate surface area is 593 Å². The molecule has 574 valence electrons. The van der Waals surface area contributed by atoms with E-state index in [1.165, 1.54) is 212 Å². The molecule has 3 heterocycles. The summed E-state index contributed by atoms with van der Waals surface area (Å²) in [4.78, 5) is 13.5. The zero-order valence-corrected chi connectivity index (χ0v) is 61.3. The van der Waals surface area contributed by atoms with E-state index in [1.54, 1.807) is 0 Å². The van der Waals surface area contributed by atoms with Crippen molar-refractivity contribution in [3.05, 3.63) is 48.6 Å². The van der Waals surface area contributed by atoms with Gasteiger partial charge in [-0.25, -0.2) is 0 Å². The quantitative estimate of drug-likeness (QED) is 0.0199. The molecule has 0 aromatic carbocycles. The first-order valence-corrected chi connectivity index (χ1v) is 39.9. The minimum Gasteiger partial charge on any atom is -0.394 e. The van der Waals surface area contributed by atoms with Crippen molar-refractivity contribution in [1.82, 2.24) is 5.32 Å². The van der Waals surface area contributed by atoms with Crippen LogP contribution in [0.1, 0.15) is 316 Å². The topological polar surface area (TPSA) is 307 Å². The Kier molecular flexibility index (Phi) is 55.1. The summed E-state index contributed by atoms with van der Waals surface area (Å²) in [5.41, 5.74) is 0. The van der Waals surface area contributed by atoms with Crippen LogP contribution in [0.25, 0.3) is 0 Å². The van der Waals surface area contributed by atoms with Gasteiger partial charge in [0.05, 0.1) is 38.6 Å². The van der Waals surface area contributed by atoms with Gasteiger partial charge in [0.15, 0.2) is 18.9 Å². The van der Waals surface area contributed by atoms with Crippen molar-refractivity contribution in [2.24, 2.45) is 0 Å². The number of aliphatic hydroxyl groups is 11. The zero-order valence-electron chi connectivity index (χ0n) is 61.3. The third kappa shape index (κ3) is 40.1. The first-order chi connectivity index (χ1) is 47.8. The lowest BCUT2D eigenvalue weighted by atomic mass is 9.96. The van der Waals surface area contributed by atoms with E-state index in [9.17, 15) is 61.0 Å². The van der Waals surface area contributed by atoms with Gasteiger partial charge in [0.1, 0.15) is 73.2 Å². The number of allylic oxidation sites excluding steroid dienone is 8. The lowest BCUT2D eigenvalue weighted by Crippen LogP contribution is -2.66. The first-order valence-electron chi connectivity index (χ1n) is 39.9. The summed E-state index contributed by atoms with van der Waals surface area (Å²) < 4.78 is 34.5. The number of aliphatic hydroxyl groups excluding tert-OH is 11. The molecular formula is C79H145NO18. The molecule has 0 aromatic rings. The van der Waals surface area contributed by atoms with Crippen molar-refractivity contribution < 1.29 is 89.4 Å². The van der Waals surface area contributed by atoms with E-state index >= 15 is 0 Å². The summed E-state index contributed by atoms with van der Waals surface area (Å²) in [5.74, 6) is -0.237. The summed E-state index contributed by atoms with van der Waals surface area (Å²) >= 11 is 0. The number of unbranched alkanes of at least 4 members (excludes halogenated alkanes) is 39. The SMILES string of the molecule is CC/C=C\C/C=C\C/C=C\C/C=C\CCCCCCCCCCCCCCCCCCCCCCCCCCCCC(=O)NC(COC1OC(CO)C(OC2OC(CO)C(OC3OC(CO)C(O)C(O)C3O)C(O)C2O)C(O)C1O)C(O)CCCCCCCCCCCCCCCC. The standard InChI is InChI=1S/C79H145NO18/c1-3-5-7-9-11-13-15-17-19-20-21-22-23-24-25-26-27-28-29-30-31-32-33-34-35-36-37-38-39-40-41-42-43-45-47-49-51-53-55-57-67(85)80-62(63(84)56-54-52-50-48-46-44-18-16-14-12-10-8-6-4-2)61-93-77-73(91)70(88)75(65(59-82)95-77)98-79-74(92)71(89)76(66(60-83)96-79)97-78-72(90)69(87)68(86)64(58-81)94-78/h5,7,11,13,17,19,21-22,62-66,68-79,81-84,86-92H,3-4,6,8-10,12,14-16,18,20,23-61H2,1-2H3,(H,80,85)/b7-5-,13-11-,19-17-,22-21-. The van der Waals surface area contributed by atoms with Gasteiger partial charge in [-0.3, -0.25) is 4.79 Å². The summed E-state index contributed by atoms with van der Waals surface area (Å²) in [7, 11) is 0. The number of ether oxygens (including phenoxy) is 6. The van der Waals surface area contributed by atoms with E-state index in [4.69, 9.17) is 28.4 Å². The summed E-state index contributed by atoms with van der Waals surface area (Å²) in [6.07, 6.45) is 48.0. The van der Waals surface area contributed by atoms with Crippen molar-refractivity contribution in [2.75, 3.05) is 26.4 Å². The Morgan fingerprint density at radius 1 is 0.378 bits per heavy atom. The Hall–Kier alpha value is -2.25. The predicted octanol–water partition coefficient (Wildman–Crippen LogP) is 12.9. The van der Waals surface area contributed by atoms with Gasteiger partial charge in [-0.15, -0.1) is 0 Å². The van der Waals surface area contributed by atoms with Crippen LogP contribution in [0.3, 0.4) is 0 Å². The second-order valence-corrected chi connectivity index (χ2v) is 28.5. The summed E-state index contributed by atoms with van der Waals surface area (Å²) in [6.45, 7) is 1.71. The number of amides is 1. The Morgan fingerprint density at radius 2 is 0.704 bits per heavy atom. The van der Waals surface area contributed by atoms with Crippen LogP contribution < -0.4 is 5.32 Å². The third-order valence-corrected chi connectivity index (χ3v) is 19.9. The van der Waals surface area contributed by atoms with Crippen molar-refractivity contribution in [3.63, 3.8) is 0 Å². The normalized spacial score (nSPS) is 27.0. The monoisotopic (exact) mass is 1400 g/mol. The number of hydrogen-bond donors (Lipinski definition) is 12. The second-order valence-electron chi connectivity index (χ2n) is 28.5. The van der Waals surface area contributed by atoms with Gasteiger partial charge in [0.2, 0.25) is 5.91 Å². The van der Waals surface area contributed by atoms with E-state index in [0.29, 0.717) is 12.8 Å². The number of nitrogens with one attached hydrogen (secondary N) is 1. The van der Waals surface area contributed by atoms with Crippen LogP contribution in [0.4, 0.5) is 0 Å².